The largest absolute Gasteiger partial charge is 0.323 e. The smallest absolute Gasteiger partial charge is 0.241 e. The minimum Gasteiger partial charge on any atom is -0.323 e. The van der Waals surface area contributed by atoms with Gasteiger partial charge >= 0.3 is 0 Å². The number of nitrogens with one attached hydrogen (secondary N) is 1. The van der Waals surface area contributed by atoms with Crippen LogP contribution in [0.25, 0.3) is 0 Å². The molecule has 86 valence electrons. The number of amides is 1. The standard InChI is InChI=1S/C11H14ClN3O/c1-3-4-8(13)11(16)15-9-5-6-10(12)14-7(9)2/h3,5-6,8H,1,4,13H2,2H3,(H,15,16). The molecule has 4 nitrogen and oxygen atoms in total. The highest BCUT2D eigenvalue weighted by Crippen LogP contribution is 2.15. The fourth-order valence-corrected chi connectivity index (χ4v) is 1.36. The summed E-state index contributed by atoms with van der Waals surface area (Å²) < 4.78 is 0. The van der Waals surface area contributed by atoms with Crippen LogP contribution in [0.2, 0.25) is 5.15 Å². The van der Waals surface area contributed by atoms with Crippen molar-refractivity contribution in [3.63, 3.8) is 0 Å². The zero-order chi connectivity index (χ0) is 12.1. The van der Waals surface area contributed by atoms with E-state index in [1.165, 1.54) is 0 Å². The maximum atomic E-state index is 11.6. The van der Waals surface area contributed by atoms with Gasteiger partial charge in [0.25, 0.3) is 0 Å². The van der Waals surface area contributed by atoms with Crippen LogP contribution in [0.5, 0.6) is 0 Å². The summed E-state index contributed by atoms with van der Waals surface area (Å²) >= 11 is 5.70. The van der Waals surface area contributed by atoms with Crippen molar-refractivity contribution in [1.29, 1.82) is 0 Å². The molecule has 0 aromatic carbocycles. The summed E-state index contributed by atoms with van der Waals surface area (Å²) in [6.45, 7) is 5.29. The number of anilines is 1. The molecule has 3 N–H and O–H groups in total. The highest BCUT2D eigenvalue weighted by molar-refractivity contribution is 6.29. The number of carbonyl (C=O) groups is 1. The van der Waals surface area contributed by atoms with Gasteiger partial charge in [-0.2, -0.15) is 0 Å². The number of rotatable bonds is 4. The second-order valence-corrected chi connectivity index (χ2v) is 3.77. The van der Waals surface area contributed by atoms with E-state index in [1.54, 1.807) is 25.1 Å². The predicted molar refractivity (Wildman–Crippen MR) is 65.4 cm³/mol. The molecule has 0 saturated carbocycles. The second-order valence-electron chi connectivity index (χ2n) is 3.39. The Kier molecular flexibility index (Phi) is 4.46. The zero-order valence-electron chi connectivity index (χ0n) is 9.03. The Bertz CT molecular complexity index is 406. The molecule has 0 aliphatic rings. The number of carbonyl (C=O) groups excluding carboxylic acids is 1. The van der Waals surface area contributed by atoms with Gasteiger partial charge < -0.3 is 11.1 Å². The molecule has 1 atom stereocenters. The lowest BCUT2D eigenvalue weighted by Crippen LogP contribution is -2.35. The molecular formula is C11H14ClN3O. The van der Waals surface area contributed by atoms with Crippen LogP contribution in [0.15, 0.2) is 24.8 Å². The highest BCUT2D eigenvalue weighted by Gasteiger charge is 2.13. The summed E-state index contributed by atoms with van der Waals surface area (Å²) in [5.74, 6) is -0.257. The van der Waals surface area contributed by atoms with Crippen molar-refractivity contribution in [3.8, 4) is 0 Å². The third-order valence-corrected chi connectivity index (χ3v) is 2.28. The third-order valence-electron chi connectivity index (χ3n) is 2.07. The van der Waals surface area contributed by atoms with Gasteiger partial charge in [-0.15, -0.1) is 6.58 Å². The number of halogens is 1. The first-order valence-corrected chi connectivity index (χ1v) is 5.23. The lowest BCUT2D eigenvalue weighted by atomic mass is 10.2. The molecule has 0 aliphatic heterocycles. The molecule has 1 heterocycles. The van der Waals surface area contributed by atoms with Crippen molar-refractivity contribution in [2.75, 3.05) is 5.32 Å². The van der Waals surface area contributed by atoms with Crippen LogP contribution >= 0.6 is 11.6 Å². The summed E-state index contributed by atoms with van der Waals surface area (Å²) in [7, 11) is 0. The van der Waals surface area contributed by atoms with Crippen LogP contribution < -0.4 is 11.1 Å². The van der Waals surface area contributed by atoms with Crippen molar-refractivity contribution in [2.24, 2.45) is 5.73 Å². The van der Waals surface area contributed by atoms with Gasteiger partial charge in [-0.05, 0) is 25.5 Å². The maximum Gasteiger partial charge on any atom is 0.241 e. The van der Waals surface area contributed by atoms with Gasteiger partial charge in [-0.1, -0.05) is 17.7 Å². The Morgan fingerprint density at radius 3 is 3.00 bits per heavy atom. The van der Waals surface area contributed by atoms with Gasteiger partial charge in [0, 0.05) is 0 Å². The van der Waals surface area contributed by atoms with Crippen molar-refractivity contribution in [1.82, 2.24) is 4.98 Å². The zero-order valence-corrected chi connectivity index (χ0v) is 9.79. The molecule has 0 radical (unpaired) electrons. The fourth-order valence-electron chi connectivity index (χ4n) is 1.17. The van der Waals surface area contributed by atoms with Gasteiger partial charge in [0.05, 0.1) is 17.4 Å². The van der Waals surface area contributed by atoms with Crippen molar-refractivity contribution >= 4 is 23.2 Å². The Morgan fingerprint density at radius 1 is 1.75 bits per heavy atom. The van der Waals surface area contributed by atoms with E-state index in [1.807, 2.05) is 0 Å². The van der Waals surface area contributed by atoms with Crippen molar-refractivity contribution in [2.45, 2.75) is 19.4 Å². The van der Waals surface area contributed by atoms with E-state index in [4.69, 9.17) is 17.3 Å². The third kappa shape index (κ3) is 3.32. The van der Waals surface area contributed by atoms with Gasteiger partial charge in [0.2, 0.25) is 5.91 Å². The monoisotopic (exact) mass is 239 g/mol. The van der Waals surface area contributed by atoms with Crippen LogP contribution in [0.4, 0.5) is 5.69 Å². The van der Waals surface area contributed by atoms with Crippen LogP contribution in [0, 0.1) is 6.92 Å². The summed E-state index contributed by atoms with van der Waals surface area (Å²) in [4.78, 5) is 15.6. The Hall–Kier alpha value is -1.39. The van der Waals surface area contributed by atoms with E-state index in [2.05, 4.69) is 16.9 Å². The number of hydrogen-bond donors (Lipinski definition) is 2. The summed E-state index contributed by atoms with van der Waals surface area (Å²) in [5.41, 5.74) is 6.90. The first-order valence-electron chi connectivity index (χ1n) is 4.85. The molecule has 16 heavy (non-hydrogen) atoms. The van der Waals surface area contributed by atoms with E-state index < -0.39 is 6.04 Å². The molecule has 0 spiro atoms. The normalized spacial score (nSPS) is 11.9. The number of nitrogens with two attached hydrogens (primary N) is 1. The Balaban J connectivity index is 2.73. The summed E-state index contributed by atoms with van der Waals surface area (Å²) in [6, 6.07) is 2.72. The van der Waals surface area contributed by atoms with E-state index in [-0.39, 0.29) is 5.91 Å². The molecule has 0 aliphatic carbocycles. The first kappa shape index (κ1) is 12.7. The molecule has 1 unspecified atom stereocenters. The number of pyridine rings is 1. The molecule has 5 heteroatoms. The number of hydrogen-bond acceptors (Lipinski definition) is 3. The molecule has 1 rings (SSSR count). The molecule has 0 saturated heterocycles. The van der Waals surface area contributed by atoms with Gasteiger partial charge in [-0.25, -0.2) is 4.98 Å². The predicted octanol–water partition coefficient (Wildman–Crippen LogP) is 1.89. The number of aromatic nitrogens is 1. The molecule has 1 aromatic rings. The Labute approximate surface area is 99.5 Å². The lowest BCUT2D eigenvalue weighted by molar-refractivity contribution is -0.117. The number of aryl methyl sites for hydroxylation is 1. The van der Waals surface area contributed by atoms with Crippen LogP contribution in [0.3, 0.4) is 0 Å². The van der Waals surface area contributed by atoms with E-state index in [9.17, 15) is 4.79 Å². The quantitative estimate of drug-likeness (QED) is 0.623. The average molecular weight is 240 g/mol. The topological polar surface area (TPSA) is 68.0 Å². The van der Waals surface area contributed by atoms with Gasteiger partial charge in [0.15, 0.2) is 0 Å². The maximum absolute atomic E-state index is 11.6. The molecule has 0 bridgehead atoms. The van der Waals surface area contributed by atoms with Crippen LogP contribution in [-0.4, -0.2) is 16.9 Å². The van der Waals surface area contributed by atoms with Crippen molar-refractivity contribution < 1.29 is 4.79 Å². The molecule has 0 fully saturated rings. The summed E-state index contributed by atoms with van der Waals surface area (Å²) in [6.07, 6.45) is 2.04. The average Bonchev–Trinajstić information content (AvgIpc) is 2.22. The van der Waals surface area contributed by atoms with E-state index in [0.29, 0.717) is 23.0 Å². The first-order chi connectivity index (χ1) is 7.54. The van der Waals surface area contributed by atoms with Crippen LogP contribution in [0.1, 0.15) is 12.1 Å². The SMILES string of the molecule is C=CCC(N)C(=O)Nc1ccc(Cl)nc1C. The Morgan fingerprint density at radius 2 is 2.44 bits per heavy atom. The summed E-state index contributed by atoms with van der Waals surface area (Å²) in [5, 5.41) is 3.08. The lowest BCUT2D eigenvalue weighted by Gasteiger charge is -2.11. The minimum absolute atomic E-state index is 0.257. The number of nitrogens with zero attached hydrogens (tertiary/aromatic N) is 1. The minimum atomic E-state index is -0.590. The molecule has 1 amide bonds. The van der Waals surface area contributed by atoms with Gasteiger partial charge in [0.1, 0.15) is 5.15 Å². The van der Waals surface area contributed by atoms with E-state index >= 15 is 0 Å². The van der Waals surface area contributed by atoms with Crippen molar-refractivity contribution in [3.05, 3.63) is 35.6 Å². The second kappa shape index (κ2) is 5.63. The fraction of sp³-hybridized carbons (Fsp3) is 0.273. The van der Waals surface area contributed by atoms with Gasteiger partial charge in [-0.3, -0.25) is 4.79 Å². The van der Waals surface area contributed by atoms with Crippen LogP contribution in [-0.2, 0) is 4.79 Å². The highest BCUT2D eigenvalue weighted by atomic mass is 35.5. The molecular weight excluding hydrogens is 226 g/mol. The molecule has 1 aromatic heterocycles. The van der Waals surface area contributed by atoms with E-state index in [0.717, 1.165) is 0 Å².